The number of benzene rings is 2. The van der Waals surface area contributed by atoms with Crippen molar-refractivity contribution in [1.82, 2.24) is 4.90 Å². The van der Waals surface area contributed by atoms with E-state index in [4.69, 9.17) is 0 Å². The van der Waals surface area contributed by atoms with Crippen LogP contribution in [0.2, 0.25) is 0 Å². The molecule has 27 heavy (non-hydrogen) atoms. The summed E-state index contributed by atoms with van der Waals surface area (Å²) >= 11 is 0. The van der Waals surface area contributed by atoms with Crippen LogP contribution < -0.4 is 9.80 Å². The predicted molar refractivity (Wildman–Crippen MR) is 109 cm³/mol. The lowest BCUT2D eigenvalue weighted by atomic mass is 10.2. The molecule has 3 rings (SSSR count). The van der Waals surface area contributed by atoms with Crippen LogP contribution in [-0.4, -0.2) is 50.1 Å². The molecule has 1 aliphatic rings. The molecule has 1 amide bonds. The minimum Gasteiger partial charge on any atom is -0.371 e. The summed E-state index contributed by atoms with van der Waals surface area (Å²) in [5.74, 6) is -0.0125. The number of piperazine rings is 1. The third kappa shape index (κ3) is 5.00. The Bertz CT molecular complexity index is 754. The summed E-state index contributed by atoms with van der Waals surface area (Å²) in [5.41, 5.74) is 3.42. The molecule has 144 valence electrons. The smallest absolute Gasteiger partial charge is 0.224 e. The van der Waals surface area contributed by atoms with E-state index >= 15 is 0 Å². The van der Waals surface area contributed by atoms with Gasteiger partial charge in [0, 0.05) is 57.1 Å². The number of hydrogen-bond acceptors (Lipinski definition) is 3. The van der Waals surface area contributed by atoms with Gasteiger partial charge in [-0.05, 0) is 55.8 Å². The van der Waals surface area contributed by atoms with Gasteiger partial charge in [-0.3, -0.25) is 4.79 Å². The highest BCUT2D eigenvalue weighted by Crippen LogP contribution is 2.18. The second kappa shape index (κ2) is 8.89. The molecule has 0 bridgehead atoms. The van der Waals surface area contributed by atoms with Crippen molar-refractivity contribution in [3.8, 4) is 0 Å². The topological polar surface area (TPSA) is 26.8 Å². The van der Waals surface area contributed by atoms with Crippen LogP contribution in [0.25, 0.3) is 0 Å². The molecule has 1 saturated heterocycles. The summed E-state index contributed by atoms with van der Waals surface area (Å²) in [4.78, 5) is 19.0. The van der Waals surface area contributed by atoms with Gasteiger partial charge >= 0.3 is 0 Å². The maximum atomic E-state index is 13.1. The van der Waals surface area contributed by atoms with Crippen LogP contribution in [-0.2, 0) is 4.79 Å². The van der Waals surface area contributed by atoms with Crippen molar-refractivity contribution in [3.63, 3.8) is 0 Å². The molecule has 1 aliphatic heterocycles. The number of hydrogen-bond donors (Lipinski definition) is 0. The quantitative estimate of drug-likeness (QED) is 0.777. The Labute approximate surface area is 161 Å². The van der Waals surface area contributed by atoms with Crippen LogP contribution >= 0.6 is 0 Å². The monoisotopic (exact) mass is 369 g/mol. The Kier molecular flexibility index (Phi) is 6.32. The van der Waals surface area contributed by atoms with Crippen molar-refractivity contribution in [1.29, 1.82) is 0 Å². The molecule has 2 aromatic rings. The van der Waals surface area contributed by atoms with Gasteiger partial charge in [-0.2, -0.15) is 0 Å². The second-order valence-electron chi connectivity index (χ2n) is 7.01. The average molecular weight is 369 g/mol. The first-order chi connectivity index (χ1) is 13.1. The Hall–Kier alpha value is -2.56. The second-order valence-corrected chi connectivity index (χ2v) is 7.01. The molecule has 0 aliphatic carbocycles. The van der Waals surface area contributed by atoms with E-state index in [2.05, 4.69) is 47.9 Å². The average Bonchev–Trinajstić information content (AvgIpc) is 2.69. The maximum absolute atomic E-state index is 13.1. The van der Waals surface area contributed by atoms with Crippen molar-refractivity contribution in [2.75, 3.05) is 49.1 Å². The minimum absolute atomic E-state index is 0.208. The van der Waals surface area contributed by atoms with Gasteiger partial charge in [-0.15, -0.1) is 0 Å². The Morgan fingerprint density at radius 3 is 2.41 bits per heavy atom. The summed E-state index contributed by atoms with van der Waals surface area (Å²) in [6.07, 6.45) is 0.526. The molecule has 0 radical (unpaired) electrons. The standard InChI is InChI=1S/C22H28FN3O/c1-3-24(21-6-4-5-18(2)17-21)12-11-22(27)26-15-13-25(14-16-26)20-9-7-19(23)8-10-20/h4-10,17H,3,11-16H2,1-2H3. The minimum atomic E-state index is -0.221. The molecule has 0 N–H and O–H groups in total. The van der Waals surface area contributed by atoms with Gasteiger partial charge in [0.05, 0.1) is 0 Å². The fourth-order valence-electron chi connectivity index (χ4n) is 3.55. The first-order valence-electron chi connectivity index (χ1n) is 9.66. The van der Waals surface area contributed by atoms with E-state index in [-0.39, 0.29) is 11.7 Å². The van der Waals surface area contributed by atoms with E-state index in [0.29, 0.717) is 19.5 Å². The van der Waals surface area contributed by atoms with Gasteiger partial charge in [-0.25, -0.2) is 4.39 Å². The van der Waals surface area contributed by atoms with E-state index in [1.54, 1.807) is 12.1 Å². The first kappa shape index (κ1) is 19.2. The third-order valence-electron chi connectivity index (χ3n) is 5.17. The number of carbonyl (C=O) groups is 1. The molecule has 1 heterocycles. The molecule has 0 unspecified atom stereocenters. The van der Waals surface area contributed by atoms with Crippen LogP contribution in [0.1, 0.15) is 18.9 Å². The molecule has 0 aromatic heterocycles. The maximum Gasteiger partial charge on any atom is 0.224 e. The van der Waals surface area contributed by atoms with Crippen LogP contribution in [0.4, 0.5) is 15.8 Å². The fraction of sp³-hybridized carbons (Fsp3) is 0.409. The summed E-state index contributed by atoms with van der Waals surface area (Å²) in [5, 5.41) is 0. The summed E-state index contributed by atoms with van der Waals surface area (Å²) in [6, 6.07) is 15.0. The van der Waals surface area contributed by atoms with Crippen molar-refractivity contribution in [2.45, 2.75) is 20.3 Å². The lowest BCUT2D eigenvalue weighted by Crippen LogP contribution is -2.49. The number of aryl methyl sites for hydroxylation is 1. The Morgan fingerprint density at radius 1 is 1.07 bits per heavy atom. The number of anilines is 2. The summed E-state index contributed by atoms with van der Waals surface area (Å²) in [7, 11) is 0. The van der Waals surface area contributed by atoms with Gasteiger partial charge in [0.1, 0.15) is 5.82 Å². The van der Waals surface area contributed by atoms with E-state index in [9.17, 15) is 9.18 Å². The van der Waals surface area contributed by atoms with Gasteiger partial charge in [0.25, 0.3) is 0 Å². The molecule has 1 fully saturated rings. The van der Waals surface area contributed by atoms with Crippen molar-refractivity contribution in [2.24, 2.45) is 0 Å². The number of nitrogens with zero attached hydrogens (tertiary/aromatic N) is 3. The number of halogens is 1. The van der Waals surface area contributed by atoms with Crippen LogP contribution in [0.15, 0.2) is 48.5 Å². The number of rotatable bonds is 6. The zero-order chi connectivity index (χ0) is 19.2. The molecule has 2 aromatic carbocycles. The zero-order valence-electron chi connectivity index (χ0n) is 16.2. The van der Waals surface area contributed by atoms with Gasteiger partial charge in [0.2, 0.25) is 5.91 Å². The predicted octanol–water partition coefficient (Wildman–Crippen LogP) is 3.70. The molecular weight excluding hydrogens is 341 g/mol. The molecular formula is C22H28FN3O. The molecule has 5 heteroatoms. The molecule has 0 saturated carbocycles. The lowest BCUT2D eigenvalue weighted by molar-refractivity contribution is -0.131. The summed E-state index contributed by atoms with van der Waals surface area (Å²) in [6.45, 7) is 8.82. The largest absolute Gasteiger partial charge is 0.371 e. The Balaban J connectivity index is 1.49. The van der Waals surface area contributed by atoms with Crippen molar-refractivity contribution < 1.29 is 9.18 Å². The normalized spacial score (nSPS) is 14.3. The molecule has 0 spiro atoms. The zero-order valence-corrected chi connectivity index (χ0v) is 16.2. The highest BCUT2D eigenvalue weighted by atomic mass is 19.1. The first-order valence-corrected chi connectivity index (χ1v) is 9.66. The van der Waals surface area contributed by atoms with Crippen LogP contribution in [0.5, 0.6) is 0 Å². The highest BCUT2D eigenvalue weighted by molar-refractivity contribution is 5.77. The number of amides is 1. The van der Waals surface area contributed by atoms with Gasteiger partial charge < -0.3 is 14.7 Å². The van der Waals surface area contributed by atoms with Crippen molar-refractivity contribution in [3.05, 3.63) is 59.9 Å². The summed E-state index contributed by atoms with van der Waals surface area (Å²) < 4.78 is 13.1. The van der Waals surface area contributed by atoms with Gasteiger partial charge in [0.15, 0.2) is 0 Å². The fourth-order valence-corrected chi connectivity index (χ4v) is 3.55. The lowest BCUT2D eigenvalue weighted by Gasteiger charge is -2.36. The third-order valence-corrected chi connectivity index (χ3v) is 5.17. The van der Waals surface area contributed by atoms with Crippen molar-refractivity contribution >= 4 is 17.3 Å². The van der Waals surface area contributed by atoms with Crippen LogP contribution in [0.3, 0.4) is 0 Å². The molecule has 0 atom stereocenters. The van der Waals surface area contributed by atoms with E-state index in [1.807, 2.05) is 4.90 Å². The van der Waals surface area contributed by atoms with Gasteiger partial charge in [-0.1, -0.05) is 12.1 Å². The van der Waals surface area contributed by atoms with E-state index < -0.39 is 0 Å². The van der Waals surface area contributed by atoms with E-state index in [0.717, 1.165) is 31.9 Å². The molecule has 4 nitrogen and oxygen atoms in total. The van der Waals surface area contributed by atoms with E-state index in [1.165, 1.54) is 23.4 Å². The SMILES string of the molecule is CCN(CCC(=O)N1CCN(c2ccc(F)cc2)CC1)c1cccc(C)c1. The highest BCUT2D eigenvalue weighted by Gasteiger charge is 2.21. The number of carbonyl (C=O) groups excluding carboxylic acids is 1. The van der Waals surface area contributed by atoms with Crippen LogP contribution in [0, 0.1) is 12.7 Å². The Morgan fingerprint density at radius 2 is 1.78 bits per heavy atom.